The van der Waals surface area contributed by atoms with E-state index in [1.165, 1.54) is 0 Å². The van der Waals surface area contributed by atoms with Gasteiger partial charge in [-0.2, -0.15) is 0 Å². The molecule has 6 heteroatoms. The van der Waals surface area contributed by atoms with Crippen LogP contribution in [0.1, 0.15) is 13.8 Å². The third-order valence-electron chi connectivity index (χ3n) is 3.12. The maximum atomic E-state index is 11.2. The predicted molar refractivity (Wildman–Crippen MR) is 69.1 cm³/mol. The van der Waals surface area contributed by atoms with Crippen LogP contribution in [0.25, 0.3) is 0 Å². The number of nitrogens with two attached hydrogens (primary N) is 1. The Bertz CT molecular complexity index is 255. The molecule has 2 unspecified atom stereocenters. The number of ether oxygens (including phenoxy) is 1. The second kappa shape index (κ2) is 7.68. The average molecular weight is 259 g/mol. The van der Waals surface area contributed by atoms with Gasteiger partial charge in [-0.15, -0.1) is 0 Å². The lowest BCUT2D eigenvalue weighted by atomic mass is 10.0. The van der Waals surface area contributed by atoms with Gasteiger partial charge >= 0.3 is 0 Å². The molecular weight excluding hydrogens is 234 g/mol. The Labute approximate surface area is 108 Å². The fourth-order valence-corrected chi connectivity index (χ4v) is 2.07. The van der Waals surface area contributed by atoms with Crippen molar-refractivity contribution in [1.29, 1.82) is 0 Å². The molecule has 2 atom stereocenters. The SMILES string of the molecule is CC(C)C(NCC(O)CN1CCOCC1)C(N)=O. The number of nitrogens with one attached hydrogen (secondary N) is 1. The Morgan fingerprint density at radius 1 is 1.44 bits per heavy atom. The van der Waals surface area contributed by atoms with Crippen molar-refractivity contribution in [2.75, 3.05) is 39.4 Å². The van der Waals surface area contributed by atoms with Crippen LogP contribution in [-0.2, 0) is 9.53 Å². The Morgan fingerprint density at radius 3 is 2.56 bits per heavy atom. The molecule has 0 aromatic heterocycles. The maximum absolute atomic E-state index is 11.2. The highest BCUT2D eigenvalue weighted by molar-refractivity contribution is 5.80. The van der Waals surface area contributed by atoms with E-state index in [0.29, 0.717) is 13.1 Å². The number of morpholine rings is 1. The zero-order chi connectivity index (χ0) is 13.5. The third-order valence-corrected chi connectivity index (χ3v) is 3.12. The Hall–Kier alpha value is -0.690. The van der Waals surface area contributed by atoms with Crippen molar-refractivity contribution >= 4 is 5.91 Å². The lowest BCUT2D eigenvalue weighted by Crippen LogP contribution is -2.50. The van der Waals surface area contributed by atoms with Crippen molar-refractivity contribution in [2.24, 2.45) is 11.7 Å². The van der Waals surface area contributed by atoms with E-state index in [1.54, 1.807) is 0 Å². The second-order valence-electron chi connectivity index (χ2n) is 5.10. The van der Waals surface area contributed by atoms with Crippen molar-refractivity contribution in [3.8, 4) is 0 Å². The fraction of sp³-hybridized carbons (Fsp3) is 0.917. The molecule has 0 aliphatic carbocycles. The first kappa shape index (κ1) is 15.4. The predicted octanol–water partition coefficient (Wildman–Crippen LogP) is -1.22. The number of carbonyl (C=O) groups is 1. The molecule has 106 valence electrons. The zero-order valence-electron chi connectivity index (χ0n) is 11.3. The molecular formula is C12H25N3O3. The van der Waals surface area contributed by atoms with Gasteiger partial charge in [0.05, 0.1) is 25.4 Å². The average Bonchev–Trinajstić information content (AvgIpc) is 2.29. The van der Waals surface area contributed by atoms with E-state index < -0.39 is 6.10 Å². The Kier molecular flexibility index (Phi) is 6.56. The van der Waals surface area contributed by atoms with Gasteiger partial charge in [-0.05, 0) is 5.92 Å². The molecule has 1 rings (SSSR count). The fourth-order valence-electron chi connectivity index (χ4n) is 2.07. The molecule has 0 bridgehead atoms. The molecule has 0 aromatic carbocycles. The summed E-state index contributed by atoms with van der Waals surface area (Å²) in [6.07, 6.45) is -0.497. The van der Waals surface area contributed by atoms with Gasteiger partial charge in [0.15, 0.2) is 0 Å². The lowest BCUT2D eigenvalue weighted by molar-refractivity contribution is -0.121. The molecule has 0 aromatic rings. The van der Waals surface area contributed by atoms with Crippen LogP contribution in [0.5, 0.6) is 0 Å². The molecule has 1 aliphatic rings. The zero-order valence-corrected chi connectivity index (χ0v) is 11.3. The van der Waals surface area contributed by atoms with Gasteiger partial charge in [-0.25, -0.2) is 0 Å². The molecule has 1 amide bonds. The van der Waals surface area contributed by atoms with E-state index in [9.17, 15) is 9.90 Å². The summed E-state index contributed by atoms with van der Waals surface area (Å²) in [5.74, 6) is -0.248. The van der Waals surface area contributed by atoms with E-state index in [1.807, 2.05) is 13.8 Å². The third kappa shape index (κ3) is 5.30. The summed E-state index contributed by atoms with van der Waals surface area (Å²) in [5.41, 5.74) is 5.30. The van der Waals surface area contributed by atoms with E-state index >= 15 is 0 Å². The summed E-state index contributed by atoms with van der Waals surface area (Å²) in [4.78, 5) is 13.4. The molecule has 0 radical (unpaired) electrons. The van der Waals surface area contributed by atoms with Gasteiger partial charge in [0, 0.05) is 26.2 Å². The lowest BCUT2D eigenvalue weighted by Gasteiger charge is -2.29. The quantitative estimate of drug-likeness (QED) is 0.533. The van der Waals surface area contributed by atoms with Gasteiger partial charge < -0.3 is 20.9 Å². The molecule has 18 heavy (non-hydrogen) atoms. The smallest absolute Gasteiger partial charge is 0.234 e. The number of aliphatic hydroxyl groups is 1. The number of primary amides is 1. The largest absolute Gasteiger partial charge is 0.390 e. The van der Waals surface area contributed by atoms with E-state index in [-0.39, 0.29) is 17.9 Å². The van der Waals surface area contributed by atoms with Crippen molar-refractivity contribution < 1.29 is 14.6 Å². The summed E-state index contributed by atoms with van der Waals surface area (Å²) >= 11 is 0. The minimum absolute atomic E-state index is 0.123. The molecule has 1 aliphatic heterocycles. The van der Waals surface area contributed by atoms with Crippen LogP contribution in [0.15, 0.2) is 0 Å². The van der Waals surface area contributed by atoms with Crippen molar-refractivity contribution in [2.45, 2.75) is 26.0 Å². The summed E-state index contributed by atoms with van der Waals surface area (Å²) in [6, 6.07) is -0.385. The van der Waals surface area contributed by atoms with Crippen LogP contribution < -0.4 is 11.1 Å². The number of nitrogens with zero attached hydrogens (tertiary/aromatic N) is 1. The van der Waals surface area contributed by atoms with Crippen LogP contribution >= 0.6 is 0 Å². The second-order valence-corrected chi connectivity index (χ2v) is 5.10. The first-order chi connectivity index (χ1) is 8.50. The van der Waals surface area contributed by atoms with Gasteiger partial charge in [-0.1, -0.05) is 13.8 Å². The van der Waals surface area contributed by atoms with Crippen molar-refractivity contribution in [3.63, 3.8) is 0 Å². The van der Waals surface area contributed by atoms with Gasteiger partial charge in [0.2, 0.25) is 5.91 Å². The summed E-state index contributed by atoms with van der Waals surface area (Å²) in [5, 5.41) is 12.9. The highest BCUT2D eigenvalue weighted by Gasteiger charge is 2.21. The number of carbonyl (C=O) groups excluding carboxylic acids is 1. The molecule has 1 fully saturated rings. The Balaban J connectivity index is 2.26. The van der Waals surface area contributed by atoms with Crippen LogP contribution in [0.4, 0.5) is 0 Å². The maximum Gasteiger partial charge on any atom is 0.234 e. The van der Waals surface area contributed by atoms with Crippen LogP contribution in [0.3, 0.4) is 0 Å². The minimum Gasteiger partial charge on any atom is -0.390 e. The summed E-state index contributed by atoms with van der Waals surface area (Å²) < 4.78 is 5.24. The summed E-state index contributed by atoms with van der Waals surface area (Å²) in [6.45, 7) is 7.96. The topological polar surface area (TPSA) is 87.8 Å². The number of β-amino-alcohol motifs (C(OH)–C–C–N with tert-alkyl or cyclic N) is 1. The number of amides is 1. The molecule has 0 saturated carbocycles. The number of aliphatic hydroxyl groups excluding tert-OH is 1. The highest BCUT2D eigenvalue weighted by Crippen LogP contribution is 2.02. The monoisotopic (exact) mass is 259 g/mol. The minimum atomic E-state index is -0.497. The number of hydrogen-bond acceptors (Lipinski definition) is 5. The van der Waals surface area contributed by atoms with E-state index in [2.05, 4.69) is 10.2 Å². The van der Waals surface area contributed by atoms with Crippen LogP contribution in [-0.4, -0.2) is 67.5 Å². The molecule has 0 spiro atoms. The van der Waals surface area contributed by atoms with Gasteiger partial charge in [-0.3, -0.25) is 9.69 Å². The molecule has 1 saturated heterocycles. The van der Waals surface area contributed by atoms with Crippen molar-refractivity contribution in [1.82, 2.24) is 10.2 Å². The standard InChI is InChI=1S/C12H25N3O3/c1-9(2)11(12(13)17)14-7-10(16)8-15-3-5-18-6-4-15/h9-11,14,16H,3-8H2,1-2H3,(H2,13,17). The molecule has 4 N–H and O–H groups in total. The number of rotatable bonds is 7. The normalized spacial score (nSPS) is 20.9. The van der Waals surface area contributed by atoms with Gasteiger partial charge in [0.25, 0.3) is 0 Å². The first-order valence-electron chi connectivity index (χ1n) is 6.51. The van der Waals surface area contributed by atoms with Crippen LogP contribution in [0.2, 0.25) is 0 Å². The van der Waals surface area contributed by atoms with E-state index in [0.717, 1.165) is 26.3 Å². The van der Waals surface area contributed by atoms with Gasteiger partial charge in [0.1, 0.15) is 0 Å². The summed E-state index contributed by atoms with van der Waals surface area (Å²) in [7, 11) is 0. The molecule has 6 nitrogen and oxygen atoms in total. The number of hydrogen-bond donors (Lipinski definition) is 3. The molecule has 1 heterocycles. The van der Waals surface area contributed by atoms with E-state index in [4.69, 9.17) is 10.5 Å². The Morgan fingerprint density at radius 2 is 2.06 bits per heavy atom. The highest BCUT2D eigenvalue weighted by atomic mass is 16.5. The van der Waals surface area contributed by atoms with Crippen LogP contribution in [0, 0.1) is 5.92 Å². The first-order valence-corrected chi connectivity index (χ1v) is 6.51. The van der Waals surface area contributed by atoms with Crippen molar-refractivity contribution in [3.05, 3.63) is 0 Å².